The summed E-state index contributed by atoms with van der Waals surface area (Å²) in [7, 11) is 3.43. The van der Waals surface area contributed by atoms with Gasteiger partial charge in [0.2, 0.25) is 0 Å². The van der Waals surface area contributed by atoms with Crippen LogP contribution in [-0.2, 0) is 4.74 Å². The van der Waals surface area contributed by atoms with E-state index in [0.717, 1.165) is 31.9 Å². The van der Waals surface area contributed by atoms with Crippen molar-refractivity contribution in [3.05, 3.63) is 54.1 Å². The number of esters is 1. The molecule has 142 valence electrons. The molecule has 0 unspecified atom stereocenters. The summed E-state index contributed by atoms with van der Waals surface area (Å²) < 4.78 is 4.74. The minimum absolute atomic E-state index is 0.306. The molecule has 0 aliphatic carbocycles. The number of piperazine rings is 1. The molecule has 2 aromatic carbocycles. The lowest BCUT2D eigenvalue weighted by molar-refractivity contribution is 0.0602. The zero-order valence-electron chi connectivity index (χ0n) is 15.6. The van der Waals surface area contributed by atoms with Crippen LogP contribution in [0.4, 0.5) is 21.9 Å². The van der Waals surface area contributed by atoms with Crippen LogP contribution in [0.15, 0.2) is 48.5 Å². The van der Waals surface area contributed by atoms with Crippen molar-refractivity contribution in [2.75, 3.05) is 55.9 Å². The lowest BCUT2D eigenvalue weighted by Gasteiger charge is -2.34. The highest BCUT2D eigenvalue weighted by Gasteiger charge is 2.15. The van der Waals surface area contributed by atoms with Crippen molar-refractivity contribution in [3.63, 3.8) is 0 Å². The Morgan fingerprint density at radius 1 is 0.926 bits per heavy atom. The number of methoxy groups -OCH3 is 1. The molecule has 27 heavy (non-hydrogen) atoms. The molecule has 0 bridgehead atoms. The fourth-order valence-electron chi connectivity index (χ4n) is 2.98. The van der Waals surface area contributed by atoms with Crippen LogP contribution >= 0.6 is 0 Å². The van der Waals surface area contributed by atoms with E-state index in [-0.39, 0.29) is 0 Å². The van der Waals surface area contributed by atoms with E-state index in [1.807, 2.05) is 24.3 Å². The molecule has 3 rings (SSSR count). The van der Waals surface area contributed by atoms with Gasteiger partial charge in [0.15, 0.2) is 0 Å². The fourth-order valence-corrected chi connectivity index (χ4v) is 2.98. The average Bonchev–Trinajstić information content (AvgIpc) is 2.69. The number of benzene rings is 2. The molecule has 0 spiro atoms. The van der Waals surface area contributed by atoms with E-state index in [2.05, 4.69) is 27.5 Å². The number of likely N-dealkylation sites (N-methyl/N-ethyl adjacent to an activating group) is 1. The lowest BCUT2D eigenvalue weighted by atomic mass is 10.2. The number of nitrogens with one attached hydrogen (secondary N) is 2. The van der Waals surface area contributed by atoms with E-state index >= 15 is 0 Å². The molecule has 2 N–H and O–H groups in total. The van der Waals surface area contributed by atoms with E-state index in [4.69, 9.17) is 4.74 Å². The van der Waals surface area contributed by atoms with E-state index in [9.17, 15) is 9.59 Å². The highest BCUT2D eigenvalue weighted by atomic mass is 16.5. The van der Waals surface area contributed by atoms with Gasteiger partial charge in [-0.15, -0.1) is 0 Å². The molecule has 0 saturated carbocycles. The smallest absolute Gasteiger partial charge is 0.339 e. The van der Waals surface area contributed by atoms with Crippen molar-refractivity contribution in [1.29, 1.82) is 0 Å². The summed E-state index contributed by atoms with van der Waals surface area (Å²) in [6.07, 6.45) is 0. The average molecular weight is 368 g/mol. The number of hydrogen-bond donors (Lipinski definition) is 2. The summed E-state index contributed by atoms with van der Waals surface area (Å²) in [5, 5.41) is 5.47. The molecular weight excluding hydrogens is 344 g/mol. The zero-order chi connectivity index (χ0) is 19.2. The van der Waals surface area contributed by atoms with Crippen LogP contribution in [0.1, 0.15) is 10.4 Å². The first kappa shape index (κ1) is 18.7. The van der Waals surface area contributed by atoms with E-state index in [1.165, 1.54) is 7.11 Å². The topological polar surface area (TPSA) is 73.9 Å². The van der Waals surface area contributed by atoms with Gasteiger partial charge in [0.1, 0.15) is 0 Å². The maximum Gasteiger partial charge on any atom is 0.339 e. The van der Waals surface area contributed by atoms with Crippen molar-refractivity contribution in [2.45, 2.75) is 0 Å². The Balaban J connectivity index is 1.61. The Kier molecular flexibility index (Phi) is 5.93. The Labute approximate surface area is 158 Å². The molecule has 2 aromatic rings. The highest BCUT2D eigenvalue weighted by molar-refractivity contribution is 6.05. The van der Waals surface area contributed by atoms with Crippen LogP contribution in [0, 0.1) is 0 Å². The first-order chi connectivity index (χ1) is 13.1. The SMILES string of the molecule is COC(=O)c1ccccc1NC(=O)Nc1ccc(N2CCN(C)CC2)cc1. The van der Waals surface area contributed by atoms with Gasteiger partial charge in [-0.25, -0.2) is 9.59 Å². The normalized spacial score (nSPS) is 14.5. The third-order valence-corrected chi connectivity index (χ3v) is 4.57. The second-order valence-corrected chi connectivity index (χ2v) is 6.45. The molecule has 0 radical (unpaired) electrons. The summed E-state index contributed by atoms with van der Waals surface area (Å²) in [6, 6.07) is 14.1. The van der Waals surface area contributed by atoms with Gasteiger partial charge in [0.05, 0.1) is 18.4 Å². The van der Waals surface area contributed by atoms with Crippen LogP contribution in [0.2, 0.25) is 0 Å². The van der Waals surface area contributed by atoms with Gasteiger partial charge in [-0.05, 0) is 43.4 Å². The van der Waals surface area contributed by atoms with E-state index in [0.29, 0.717) is 16.9 Å². The monoisotopic (exact) mass is 368 g/mol. The number of rotatable bonds is 4. The van der Waals surface area contributed by atoms with Gasteiger partial charge in [0.25, 0.3) is 0 Å². The third-order valence-electron chi connectivity index (χ3n) is 4.57. The molecule has 7 heteroatoms. The summed E-state index contributed by atoms with van der Waals surface area (Å²) in [6.45, 7) is 4.08. The summed E-state index contributed by atoms with van der Waals surface area (Å²) in [4.78, 5) is 28.7. The standard InChI is InChI=1S/C20H24N4O3/c1-23-11-13-24(14-12-23)16-9-7-15(8-10-16)21-20(26)22-18-6-4-3-5-17(18)19(25)27-2/h3-10H,11-14H2,1-2H3,(H2,21,22,26). The van der Waals surface area contributed by atoms with Crippen LogP contribution in [0.25, 0.3) is 0 Å². The van der Waals surface area contributed by atoms with Crippen molar-refractivity contribution in [2.24, 2.45) is 0 Å². The molecule has 0 atom stereocenters. The van der Waals surface area contributed by atoms with E-state index in [1.54, 1.807) is 24.3 Å². The number of carbonyl (C=O) groups excluding carboxylic acids is 2. The summed E-state index contributed by atoms with van der Waals surface area (Å²) in [5.74, 6) is -0.498. The number of carbonyl (C=O) groups is 2. The largest absolute Gasteiger partial charge is 0.465 e. The summed E-state index contributed by atoms with van der Waals surface area (Å²) >= 11 is 0. The number of urea groups is 1. The molecule has 1 aliphatic heterocycles. The molecule has 1 fully saturated rings. The van der Waals surface area contributed by atoms with Crippen LogP contribution in [0.5, 0.6) is 0 Å². The van der Waals surface area contributed by atoms with Crippen LogP contribution in [-0.4, -0.2) is 57.2 Å². The number of para-hydroxylation sites is 1. The molecule has 1 saturated heterocycles. The minimum atomic E-state index is -0.498. The lowest BCUT2D eigenvalue weighted by Crippen LogP contribution is -2.44. The van der Waals surface area contributed by atoms with Gasteiger partial charge < -0.3 is 25.2 Å². The van der Waals surface area contributed by atoms with Crippen molar-refractivity contribution >= 4 is 29.1 Å². The van der Waals surface area contributed by atoms with Gasteiger partial charge in [0, 0.05) is 37.6 Å². The predicted molar refractivity (Wildman–Crippen MR) is 107 cm³/mol. The second kappa shape index (κ2) is 8.55. The van der Waals surface area contributed by atoms with Gasteiger partial charge in [-0.1, -0.05) is 12.1 Å². The van der Waals surface area contributed by atoms with Crippen molar-refractivity contribution in [3.8, 4) is 0 Å². The molecule has 2 amide bonds. The maximum atomic E-state index is 12.3. The van der Waals surface area contributed by atoms with Gasteiger partial charge in [-0.2, -0.15) is 0 Å². The van der Waals surface area contributed by atoms with Crippen molar-refractivity contribution in [1.82, 2.24) is 4.90 Å². The number of nitrogens with zero attached hydrogens (tertiary/aromatic N) is 2. The van der Waals surface area contributed by atoms with Crippen LogP contribution in [0.3, 0.4) is 0 Å². The van der Waals surface area contributed by atoms with Gasteiger partial charge in [-0.3, -0.25) is 0 Å². The fraction of sp³-hybridized carbons (Fsp3) is 0.300. The third kappa shape index (κ3) is 4.77. The number of ether oxygens (including phenoxy) is 1. The molecule has 1 aliphatic rings. The highest BCUT2D eigenvalue weighted by Crippen LogP contribution is 2.20. The maximum absolute atomic E-state index is 12.3. The summed E-state index contributed by atoms with van der Waals surface area (Å²) in [5.41, 5.74) is 2.53. The van der Waals surface area contributed by atoms with Crippen LogP contribution < -0.4 is 15.5 Å². The second-order valence-electron chi connectivity index (χ2n) is 6.45. The Morgan fingerprint density at radius 3 is 2.26 bits per heavy atom. The van der Waals surface area contributed by atoms with Gasteiger partial charge >= 0.3 is 12.0 Å². The zero-order valence-corrected chi connectivity index (χ0v) is 15.6. The first-order valence-electron chi connectivity index (χ1n) is 8.86. The number of anilines is 3. The molecule has 7 nitrogen and oxygen atoms in total. The first-order valence-corrected chi connectivity index (χ1v) is 8.86. The number of hydrogen-bond acceptors (Lipinski definition) is 5. The molecule has 0 aromatic heterocycles. The Hall–Kier alpha value is -3.06. The quantitative estimate of drug-likeness (QED) is 0.812. The minimum Gasteiger partial charge on any atom is -0.465 e. The van der Waals surface area contributed by atoms with Crippen molar-refractivity contribution < 1.29 is 14.3 Å². The molecular formula is C20H24N4O3. The molecule has 1 heterocycles. The Morgan fingerprint density at radius 2 is 1.59 bits per heavy atom. The predicted octanol–water partition coefficient (Wildman–Crippen LogP) is 2.87. The number of amides is 2. The van der Waals surface area contributed by atoms with E-state index < -0.39 is 12.0 Å². The Bertz CT molecular complexity index is 799.